The minimum atomic E-state index is -0.768. The Morgan fingerprint density at radius 3 is 0.836 bits per heavy atom. The summed E-state index contributed by atoms with van der Waals surface area (Å²) in [6.07, 6.45) is 79.2. The van der Waals surface area contributed by atoms with Crippen molar-refractivity contribution in [1.29, 1.82) is 0 Å². The Balaban J connectivity index is 4.06. The van der Waals surface area contributed by atoms with Crippen LogP contribution in [-0.4, -0.2) is 37.2 Å². The van der Waals surface area contributed by atoms with Gasteiger partial charge < -0.3 is 14.2 Å². The number of unbranched alkanes of at least 4 members (excludes halogenated alkanes) is 34. The van der Waals surface area contributed by atoms with E-state index in [9.17, 15) is 14.4 Å². The summed E-state index contributed by atoms with van der Waals surface area (Å²) in [5, 5.41) is 0. The molecule has 6 heteroatoms. The average Bonchev–Trinajstić information content (AvgIpc) is 3.39. The van der Waals surface area contributed by atoms with Gasteiger partial charge in [0, 0.05) is 19.3 Å². The standard InChI is InChI=1S/C67H118O6/c1-4-7-10-13-16-19-22-24-25-26-27-28-29-30-31-32-33-34-35-36-37-38-39-40-41-42-43-44-46-48-51-54-57-60-66(69)72-63-64(62-71-65(68)59-56-53-50-47-21-18-15-12-9-6-3)73-67(70)61-58-55-52-49-45-23-20-17-14-11-8-5-2/h7,10,16,19,24-25,27-28,30-31,33-34,64H,4-6,8-9,11-15,17-18,20-23,26,29,32,35-63H2,1-3H3/b10-7-,19-16-,25-24-,28-27-,31-30-,34-33-. The zero-order valence-electron chi connectivity index (χ0n) is 48.4. The van der Waals surface area contributed by atoms with Crippen LogP contribution in [0.15, 0.2) is 72.9 Å². The van der Waals surface area contributed by atoms with Crippen LogP contribution in [0.4, 0.5) is 0 Å². The van der Waals surface area contributed by atoms with Crippen molar-refractivity contribution < 1.29 is 28.6 Å². The SMILES string of the molecule is CC/C=C\C/C=C\C/C=C\C/C=C\C/C=C\C/C=C\CCCCCCCCCCCCCCCCC(=O)OCC(COC(=O)CCCCCCCCCCCC)OC(=O)CCCCCCCCCCCCCC. The number of carbonyl (C=O) groups excluding carboxylic acids is 3. The molecule has 0 aliphatic carbocycles. The third kappa shape index (κ3) is 59.6. The smallest absolute Gasteiger partial charge is 0.306 e. The minimum absolute atomic E-state index is 0.0691. The Hall–Kier alpha value is -3.15. The Morgan fingerprint density at radius 1 is 0.288 bits per heavy atom. The Morgan fingerprint density at radius 2 is 0.534 bits per heavy atom. The first-order chi connectivity index (χ1) is 36.0. The third-order valence-corrected chi connectivity index (χ3v) is 13.7. The van der Waals surface area contributed by atoms with Crippen LogP contribution in [0.3, 0.4) is 0 Å². The van der Waals surface area contributed by atoms with Crippen molar-refractivity contribution in [2.45, 2.75) is 322 Å². The Bertz CT molecular complexity index is 1360. The van der Waals surface area contributed by atoms with Gasteiger partial charge in [-0.15, -0.1) is 0 Å². The van der Waals surface area contributed by atoms with E-state index >= 15 is 0 Å². The summed E-state index contributed by atoms with van der Waals surface area (Å²) in [7, 11) is 0. The van der Waals surface area contributed by atoms with Crippen LogP contribution < -0.4 is 0 Å². The molecule has 422 valence electrons. The van der Waals surface area contributed by atoms with E-state index in [1.165, 1.54) is 180 Å². The fourth-order valence-corrected chi connectivity index (χ4v) is 9.04. The van der Waals surface area contributed by atoms with Crippen LogP contribution in [0.5, 0.6) is 0 Å². The monoisotopic (exact) mass is 1020 g/mol. The fraction of sp³-hybridized carbons (Fsp3) is 0.776. The Kier molecular flexibility index (Phi) is 58.7. The number of hydrogen-bond donors (Lipinski definition) is 0. The molecule has 0 aromatic carbocycles. The first-order valence-corrected chi connectivity index (χ1v) is 31.4. The predicted molar refractivity (Wildman–Crippen MR) is 316 cm³/mol. The van der Waals surface area contributed by atoms with Crippen molar-refractivity contribution >= 4 is 17.9 Å². The van der Waals surface area contributed by atoms with E-state index in [2.05, 4.69) is 93.7 Å². The second-order valence-electron chi connectivity index (χ2n) is 21.0. The van der Waals surface area contributed by atoms with E-state index in [4.69, 9.17) is 14.2 Å². The molecule has 0 rings (SSSR count). The molecule has 73 heavy (non-hydrogen) atoms. The van der Waals surface area contributed by atoms with Gasteiger partial charge in [0.15, 0.2) is 6.10 Å². The molecule has 0 heterocycles. The molecule has 0 saturated carbocycles. The van der Waals surface area contributed by atoms with Crippen molar-refractivity contribution in [3.05, 3.63) is 72.9 Å². The summed E-state index contributed by atoms with van der Waals surface area (Å²) in [5.74, 6) is -0.857. The van der Waals surface area contributed by atoms with Gasteiger partial charge in [-0.2, -0.15) is 0 Å². The second-order valence-corrected chi connectivity index (χ2v) is 21.0. The van der Waals surface area contributed by atoms with Crippen molar-refractivity contribution in [3.63, 3.8) is 0 Å². The van der Waals surface area contributed by atoms with Crippen LogP contribution in [0.2, 0.25) is 0 Å². The van der Waals surface area contributed by atoms with Crippen LogP contribution in [-0.2, 0) is 28.6 Å². The Labute approximate surface area is 453 Å². The van der Waals surface area contributed by atoms with Gasteiger partial charge in [0.25, 0.3) is 0 Å². The lowest BCUT2D eigenvalue weighted by Gasteiger charge is -2.18. The highest BCUT2D eigenvalue weighted by Crippen LogP contribution is 2.17. The highest BCUT2D eigenvalue weighted by Gasteiger charge is 2.19. The molecule has 0 N–H and O–H groups in total. The number of allylic oxidation sites excluding steroid dienone is 12. The molecule has 0 aliphatic rings. The molecule has 0 amide bonds. The molecule has 0 aromatic heterocycles. The summed E-state index contributed by atoms with van der Waals surface area (Å²) >= 11 is 0. The van der Waals surface area contributed by atoms with E-state index in [1.54, 1.807) is 0 Å². The van der Waals surface area contributed by atoms with E-state index in [1.807, 2.05) is 0 Å². The molecule has 0 spiro atoms. The molecule has 0 radical (unpaired) electrons. The molecule has 0 saturated heterocycles. The normalized spacial score (nSPS) is 12.5. The van der Waals surface area contributed by atoms with Crippen LogP contribution in [0.25, 0.3) is 0 Å². The van der Waals surface area contributed by atoms with Crippen LogP contribution in [0, 0.1) is 0 Å². The van der Waals surface area contributed by atoms with E-state index in [-0.39, 0.29) is 31.1 Å². The zero-order valence-corrected chi connectivity index (χ0v) is 48.4. The van der Waals surface area contributed by atoms with Crippen LogP contribution >= 0.6 is 0 Å². The highest BCUT2D eigenvalue weighted by molar-refractivity contribution is 5.71. The van der Waals surface area contributed by atoms with Gasteiger partial charge in [0.1, 0.15) is 13.2 Å². The molecule has 1 atom stereocenters. The lowest BCUT2D eigenvalue weighted by atomic mass is 10.0. The molecule has 0 fully saturated rings. The van der Waals surface area contributed by atoms with E-state index < -0.39 is 6.10 Å². The molecule has 1 unspecified atom stereocenters. The van der Waals surface area contributed by atoms with Gasteiger partial charge >= 0.3 is 17.9 Å². The molecule has 6 nitrogen and oxygen atoms in total. The second kappa shape index (κ2) is 61.4. The van der Waals surface area contributed by atoms with Gasteiger partial charge in [-0.25, -0.2) is 0 Å². The number of rotatable bonds is 57. The van der Waals surface area contributed by atoms with Gasteiger partial charge in [-0.1, -0.05) is 299 Å². The first-order valence-electron chi connectivity index (χ1n) is 31.4. The largest absolute Gasteiger partial charge is 0.462 e. The summed E-state index contributed by atoms with van der Waals surface area (Å²) in [6, 6.07) is 0. The molecule has 0 aliphatic heterocycles. The minimum Gasteiger partial charge on any atom is -0.462 e. The van der Waals surface area contributed by atoms with Crippen LogP contribution in [0.1, 0.15) is 316 Å². The quantitative estimate of drug-likeness (QED) is 0.0261. The topological polar surface area (TPSA) is 78.9 Å². The lowest BCUT2D eigenvalue weighted by Crippen LogP contribution is -2.30. The molecular weight excluding hydrogens is 901 g/mol. The van der Waals surface area contributed by atoms with E-state index in [0.29, 0.717) is 19.3 Å². The number of ether oxygens (including phenoxy) is 3. The summed E-state index contributed by atoms with van der Waals surface area (Å²) < 4.78 is 16.9. The lowest BCUT2D eigenvalue weighted by molar-refractivity contribution is -0.167. The van der Waals surface area contributed by atoms with Crippen molar-refractivity contribution in [3.8, 4) is 0 Å². The number of carbonyl (C=O) groups is 3. The van der Waals surface area contributed by atoms with Gasteiger partial charge in [0.05, 0.1) is 0 Å². The summed E-state index contributed by atoms with van der Waals surface area (Å²) in [6.45, 7) is 6.54. The number of esters is 3. The maximum absolute atomic E-state index is 12.8. The first kappa shape index (κ1) is 69.8. The fourth-order valence-electron chi connectivity index (χ4n) is 9.04. The maximum Gasteiger partial charge on any atom is 0.306 e. The molecule has 0 bridgehead atoms. The van der Waals surface area contributed by atoms with Gasteiger partial charge in [-0.3, -0.25) is 14.4 Å². The summed E-state index contributed by atoms with van der Waals surface area (Å²) in [4.78, 5) is 38.1. The highest BCUT2D eigenvalue weighted by atomic mass is 16.6. The molecule has 0 aromatic rings. The predicted octanol–water partition coefficient (Wildman–Crippen LogP) is 21.3. The zero-order chi connectivity index (χ0) is 52.9. The average molecular weight is 1020 g/mol. The van der Waals surface area contributed by atoms with Crippen molar-refractivity contribution in [2.75, 3.05) is 13.2 Å². The van der Waals surface area contributed by atoms with Gasteiger partial charge in [0.2, 0.25) is 0 Å². The van der Waals surface area contributed by atoms with E-state index in [0.717, 1.165) is 96.3 Å². The third-order valence-electron chi connectivity index (χ3n) is 13.7. The van der Waals surface area contributed by atoms with Crippen molar-refractivity contribution in [1.82, 2.24) is 0 Å². The van der Waals surface area contributed by atoms with Crippen molar-refractivity contribution in [2.24, 2.45) is 0 Å². The maximum atomic E-state index is 12.8. The van der Waals surface area contributed by atoms with Gasteiger partial charge in [-0.05, 0) is 70.6 Å². The molecular formula is C67H118O6. The summed E-state index contributed by atoms with van der Waals surface area (Å²) in [5.41, 5.74) is 0. The number of hydrogen-bond acceptors (Lipinski definition) is 6.